The van der Waals surface area contributed by atoms with Crippen LogP contribution in [0.25, 0.3) is 0 Å². The lowest BCUT2D eigenvalue weighted by atomic mass is 9.82. The van der Waals surface area contributed by atoms with Crippen molar-refractivity contribution in [2.75, 3.05) is 21.2 Å². The molecule has 5 N–H and O–H groups in total. The van der Waals surface area contributed by atoms with Crippen LogP contribution in [-0.4, -0.2) is 149 Å². The summed E-state index contributed by atoms with van der Waals surface area (Å²) in [4.78, 5) is 26.6. The molecule has 0 aromatic heterocycles. The van der Waals surface area contributed by atoms with Gasteiger partial charge in [-0.15, -0.1) is 0 Å². The molecule has 0 spiro atoms. The third-order valence-electron chi connectivity index (χ3n) is 9.83. The smallest absolute Gasteiger partial charge is 0.308 e. The summed E-state index contributed by atoms with van der Waals surface area (Å²) in [5, 5.41) is 55.2. The highest BCUT2D eigenvalue weighted by Crippen LogP contribution is 2.36. The third kappa shape index (κ3) is 11.1. The Hall–Kier alpha value is -1.82. The second-order valence-electron chi connectivity index (χ2n) is 14.3. The minimum atomic E-state index is -1.46. The predicted octanol–water partition coefficient (Wildman–Crippen LogP) is 0.846. The molecule has 0 saturated carbocycles. The fraction of sp³-hybridized carbons (Fsp3) is 0.829. The number of aliphatic hydroxyl groups is 5. The van der Waals surface area contributed by atoms with Gasteiger partial charge in [0.05, 0.1) is 48.6 Å². The van der Waals surface area contributed by atoms with Gasteiger partial charge in [-0.05, 0) is 60.0 Å². The molecule has 0 bridgehead atoms. The molecule has 9 unspecified atom stereocenters. The van der Waals surface area contributed by atoms with E-state index in [1.165, 1.54) is 14.0 Å². The molecule has 0 aromatic carbocycles. The lowest BCUT2D eigenvalue weighted by Crippen LogP contribution is -2.65. The number of allylic oxidation sites excluding steroid dienone is 2. The van der Waals surface area contributed by atoms with Crippen molar-refractivity contribution in [3.63, 3.8) is 0 Å². The number of carbonyl (C=O) groups is 2. The number of nitrogens with zero attached hydrogens (tertiary/aromatic N) is 1. The molecule has 3 aliphatic heterocycles. The van der Waals surface area contributed by atoms with Gasteiger partial charge in [-0.3, -0.25) is 4.79 Å². The van der Waals surface area contributed by atoms with E-state index in [4.69, 9.17) is 28.4 Å². The number of aliphatic hydroxyl groups excluding tert-OH is 4. The van der Waals surface area contributed by atoms with Crippen LogP contribution in [0.3, 0.4) is 0 Å². The van der Waals surface area contributed by atoms with E-state index in [-0.39, 0.29) is 25.2 Å². The summed E-state index contributed by atoms with van der Waals surface area (Å²) < 4.78 is 36.1. The van der Waals surface area contributed by atoms with Gasteiger partial charge in [-0.25, -0.2) is 0 Å². The molecule has 0 aliphatic carbocycles. The zero-order valence-electron chi connectivity index (χ0n) is 30.0. The highest BCUT2D eigenvalue weighted by atomic mass is 16.7. The average Bonchev–Trinajstić information content (AvgIpc) is 3.00. The third-order valence-corrected chi connectivity index (χ3v) is 9.83. The van der Waals surface area contributed by atoms with Crippen LogP contribution < -0.4 is 0 Å². The van der Waals surface area contributed by atoms with E-state index in [9.17, 15) is 35.1 Å². The van der Waals surface area contributed by atoms with Crippen LogP contribution >= 0.6 is 0 Å². The highest BCUT2D eigenvalue weighted by Gasteiger charge is 2.51. The number of hydrogen-bond acceptors (Lipinski definition) is 14. The maximum atomic E-state index is 12.8. The lowest BCUT2D eigenvalue weighted by Gasteiger charge is -2.50. The first-order valence-electron chi connectivity index (χ1n) is 17.2. The molecule has 16 atom stereocenters. The molecule has 2 saturated heterocycles. The minimum absolute atomic E-state index is 0.0164. The Morgan fingerprint density at radius 2 is 1.69 bits per heavy atom. The maximum absolute atomic E-state index is 12.8. The number of ether oxygens (including phenoxy) is 6. The SMILES string of the molecule is CO[C@@H]1[C@@H](OC2OC(C)C(OC3CC(C)(O)C(O)C(C)O3)C(N(C)C)C2O)[C@@H](CC=O)C[C@@H](C)[C@H](O)/C=C/C=C/C[C@@H](C)OC(=O)C[C@H]1O. The first kappa shape index (κ1) is 41.6. The first-order valence-corrected chi connectivity index (χ1v) is 17.2. The topological polar surface area (TPSA) is 194 Å². The summed E-state index contributed by atoms with van der Waals surface area (Å²) in [7, 11) is 4.86. The highest BCUT2D eigenvalue weighted by molar-refractivity contribution is 5.70. The Kier molecular flexibility index (Phi) is 15.8. The van der Waals surface area contributed by atoms with E-state index in [1.54, 1.807) is 58.0 Å². The van der Waals surface area contributed by atoms with Gasteiger partial charge < -0.3 is 63.6 Å². The predicted molar refractivity (Wildman–Crippen MR) is 177 cm³/mol. The molecule has 0 amide bonds. The van der Waals surface area contributed by atoms with Crippen molar-refractivity contribution in [3.05, 3.63) is 24.3 Å². The van der Waals surface area contributed by atoms with Gasteiger partial charge in [0.15, 0.2) is 12.6 Å². The Morgan fingerprint density at radius 3 is 2.31 bits per heavy atom. The Balaban J connectivity index is 1.94. The molecule has 3 rings (SSSR count). The van der Waals surface area contributed by atoms with E-state index in [0.717, 1.165) is 6.29 Å². The number of hydrogen-bond donors (Lipinski definition) is 5. The quantitative estimate of drug-likeness (QED) is 0.177. The van der Waals surface area contributed by atoms with Gasteiger partial charge in [0.2, 0.25) is 0 Å². The van der Waals surface area contributed by atoms with Crippen LogP contribution in [-0.2, 0) is 38.0 Å². The normalized spacial score (nSPS) is 46.2. The van der Waals surface area contributed by atoms with E-state index in [0.29, 0.717) is 6.42 Å². The van der Waals surface area contributed by atoms with Gasteiger partial charge in [-0.1, -0.05) is 31.2 Å². The average molecular weight is 702 g/mol. The summed E-state index contributed by atoms with van der Waals surface area (Å²) in [5.41, 5.74) is -1.46. The molecule has 0 aromatic rings. The summed E-state index contributed by atoms with van der Waals surface area (Å²) in [6.07, 6.45) is -4.00. The molecular weight excluding hydrogens is 642 g/mol. The second kappa shape index (κ2) is 18.6. The molecule has 3 aliphatic rings. The van der Waals surface area contributed by atoms with Crippen LogP contribution in [0, 0.1) is 11.8 Å². The first-order chi connectivity index (χ1) is 23.0. The summed E-state index contributed by atoms with van der Waals surface area (Å²) in [5.74, 6) is -1.64. The van der Waals surface area contributed by atoms with Crippen LogP contribution in [0.5, 0.6) is 0 Å². The zero-order chi connectivity index (χ0) is 36.6. The fourth-order valence-corrected chi connectivity index (χ4v) is 7.04. The van der Waals surface area contributed by atoms with Crippen molar-refractivity contribution in [3.8, 4) is 0 Å². The van der Waals surface area contributed by atoms with Crippen LogP contribution in [0.15, 0.2) is 24.3 Å². The van der Waals surface area contributed by atoms with Crippen LogP contribution in [0.4, 0.5) is 0 Å². The van der Waals surface area contributed by atoms with Gasteiger partial charge in [0, 0.05) is 26.4 Å². The van der Waals surface area contributed by atoms with Gasteiger partial charge in [0.1, 0.15) is 36.8 Å². The largest absolute Gasteiger partial charge is 0.462 e. The molecule has 3 heterocycles. The number of methoxy groups -OCH3 is 1. The van der Waals surface area contributed by atoms with Crippen molar-refractivity contribution < 1.29 is 63.5 Å². The van der Waals surface area contributed by atoms with Crippen molar-refractivity contribution in [1.29, 1.82) is 0 Å². The lowest BCUT2D eigenvalue weighted by molar-refractivity contribution is -0.344. The molecule has 14 nitrogen and oxygen atoms in total. The number of likely N-dealkylation sites (N-methyl/N-ethyl adjacent to an activating group) is 1. The van der Waals surface area contributed by atoms with Crippen molar-refractivity contribution in [2.45, 2.75) is 152 Å². The van der Waals surface area contributed by atoms with E-state index < -0.39 is 104 Å². The molecule has 2 fully saturated rings. The standard InChI is InChI=1S/C35H59NO13/c1-19-16-23(14-15-37)31(32(44-8)25(39)17-26(40)45-20(2)12-10-9-11-13-24(19)38)49-34-29(41)28(36(6)7)30(21(3)47-34)48-27-18-35(5,43)33(42)22(4)46-27/h9-11,13,15,19-25,27-34,38-39,41-43H,12,14,16-18H2,1-8H3/b10-9+,13-11+/t19-,20-,21?,22?,23+,24-,25-,27?,28?,29?,30?,31+,32+,33?,34?,35?/m1/s1. The minimum Gasteiger partial charge on any atom is -0.462 e. The van der Waals surface area contributed by atoms with Gasteiger partial charge >= 0.3 is 5.97 Å². The number of rotatable bonds is 8. The molecular formula is C35H59NO13. The van der Waals surface area contributed by atoms with Crippen molar-refractivity contribution >= 4 is 12.3 Å². The van der Waals surface area contributed by atoms with E-state index >= 15 is 0 Å². The van der Waals surface area contributed by atoms with Gasteiger partial charge in [0.25, 0.3) is 0 Å². The monoisotopic (exact) mass is 701 g/mol. The Bertz CT molecular complexity index is 1100. The number of esters is 1. The number of cyclic esters (lactones) is 1. The van der Waals surface area contributed by atoms with Crippen molar-refractivity contribution in [2.24, 2.45) is 11.8 Å². The maximum Gasteiger partial charge on any atom is 0.308 e. The molecule has 0 radical (unpaired) electrons. The molecule has 49 heavy (non-hydrogen) atoms. The molecule has 14 heteroatoms. The second-order valence-corrected chi connectivity index (χ2v) is 14.3. The van der Waals surface area contributed by atoms with E-state index in [1.807, 2.05) is 13.0 Å². The Labute approximate surface area is 289 Å². The summed E-state index contributed by atoms with van der Waals surface area (Å²) >= 11 is 0. The fourth-order valence-electron chi connectivity index (χ4n) is 7.04. The number of carbonyl (C=O) groups excluding carboxylic acids is 2. The molecule has 282 valence electrons. The summed E-state index contributed by atoms with van der Waals surface area (Å²) in [6, 6.07) is -0.721. The zero-order valence-corrected chi connectivity index (χ0v) is 30.0. The van der Waals surface area contributed by atoms with E-state index in [2.05, 4.69) is 0 Å². The van der Waals surface area contributed by atoms with Crippen molar-refractivity contribution in [1.82, 2.24) is 4.90 Å². The van der Waals surface area contributed by atoms with Crippen LogP contribution in [0.2, 0.25) is 0 Å². The summed E-state index contributed by atoms with van der Waals surface area (Å²) in [6.45, 7) is 8.44. The van der Waals surface area contributed by atoms with Gasteiger partial charge in [-0.2, -0.15) is 0 Å². The Morgan fingerprint density at radius 1 is 1.00 bits per heavy atom. The van der Waals surface area contributed by atoms with Crippen LogP contribution in [0.1, 0.15) is 66.7 Å². The number of aldehydes is 1.